The molecule has 0 aliphatic carbocycles. The molecule has 1 fully saturated rings. The minimum Gasteiger partial charge on any atom is -0.364 e. The Balaban J connectivity index is 1.87. The fraction of sp³-hybridized carbons (Fsp3) is 0.417. The van der Waals surface area contributed by atoms with Crippen molar-refractivity contribution >= 4 is 23.2 Å². The number of carbonyl (C=O) groups is 1. The van der Waals surface area contributed by atoms with E-state index in [9.17, 15) is 4.79 Å². The van der Waals surface area contributed by atoms with Crippen molar-refractivity contribution in [2.75, 3.05) is 11.9 Å². The molecule has 1 saturated heterocycles. The second-order valence-corrected chi connectivity index (χ2v) is 5.20. The zero-order valence-corrected chi connectivity index (χ0v) is 10.7. The van der Waals surface area contributed by atoms with E-state index in [1.54, 1.807) is 12.1 Å². The summed E-state index contributed by atoms with van der Waals surface area (Å²) in [7, 11) is 0. The van der Waals surface area contributed by atoms with Gasteiger partial charge >= 0.3 is 0 Å². The van der Waals surface area contributed by atoms with Crippen molar-refractivity contribution in [3.63, 3.8) is 0 Å². The summed E-state index contributed by atoms with van der Waals surface area (Å²) in [5.74, 6) is 0.230. The molecule has 18 heavy (non-hydrogen) atoms. The smallest absolute Gasteiger partial charge is 0.255 e. The van der Waals surface area contributed by atoms with E-state index in [-0.39, 0.29) is 12.1 Å². The van der Waals surface area contributed by atoms with Crippen LogP contribution in [0.15, 0.2) is 18.2 Å². The maximum atomic E-state index is 12.1. The fourth-order valence-electron chi connectivity index (χ4n) is 2.49. The topological polar surface area (TPSA) is 65.2 Å². The van der Waals surface area contributed by atoms with Crippen LogP contribution in [0.1, 0.15) is 17.3 Å². The first-order chi connectivity index (χ1) is 8.65. The van der Waals surface area contributed by atoms with Crippen LogP contribution in [0.4, 0.5) is 5.69 Å². The van der Waals surface area contributed by atoms with Gasteiger partial charge < -0.3 is 10.6 Å². The van der Waals surface area contributed by atoms with E-state index in [4.69, 9.17) is 11.6 Å². The van der Waals surface area contributed by atoms with Gasteiger partial charge in [-0.2, -0.15) is 0 Å². The van der Waals surface area contributed by atoms with Crippen LogP contribution in [0.3, 0.4) is 0 Å². The SMILES string of the molecule is CC1NNCC1C1NC(=O)c2cc(Cl)ccc2N1. The molecule has 3 atom stereocenters. The van der Waals surface area contributed by atoms with Gasteiger partial charge in [0.25, 0.3) is 5.91 Å². The van der Waals surface area contributed by atoms with Crippen molar-refractivity contribution in [3.8, 4) is 0 Å². The number of amides is 1. The number of hydrogen-bond acceptors (Lipinski definition) is 4. The second kappa shape index (κ2) is 4.42. The van der Waals surface area contributed by atoms with Gasteiger partial charge in [-0.05, 0) is 25.1 Å². The third-order valence-electron chi connectivity index (χ3n) is 3.56. The van der Waals surface area contributed by atoms with Crippen molar-refractivity contribution in [2.24, 2.45) is 5.92 Å². The molecule has 1 amide bonds. The number of hydrazine groups is 1. The molecule has 5 nitrogen and oxygen atoms in total. The Morgan fingerprint density at radius 1 is 1.33 bits per heavy atom. The zero-order valence-electron chi connectivity index (χ0n) is 9.96. The minimum atomic E-state index is -0.0737. The van der Waals surface area contributed by atoms with Crippen molar-refractivity contribution < 1.29 is 4.79 Å². The lowest BCUT2D eigenvalue weighted by atomic mass is 9.97. The van der Waals surface area contributed by atoms with Gasteiger partial charge in [-0.15, -0.1) is 0 Å². The van der Waals surface area contributed by atoms with E-state index in [1.807, 2.05) is 6.07 Å². The lowest BCUT2D eigenvalue weighted by Crippen LogP contribution is -2.52. The third-order valence-corrected chi connectivity index (χ3v) is 3.80. The minimum absolute atomic E-state index is 0.0660. The molecule has 1 aromatic carbocycles. The second-order valence-electron chi connectivity index (χ2n) is 4.76. The Labute approximate surface area is 110 Å². The Morgan fingerprint density at radius 2 is 2.17 bits per heavy atom. The zero-order chi connectivity index (χ0) is 12.7. The third kappa shape index (κ3) is 1.94. The highest BCUT2D eigenvalue weighted by Gasteiger charge is 2.35. The van der Waals surface area contributed by atoms with Crippen molar-refractivity contribution in [3.05, 3.63) is 28.8 Å². The molecule has 0 bridgehead atoms. The first kappa shape index (κ1) is 11.8. The lowest BCUT2D eigenvalue weighted by molar-refractivity contribution is 0.0922. The predicted octanol–water partition coefficient (Wildman–Crippen LogP) is 0.934. The molecule has 1 aromatic rings. The van der Waals surface area contributed by atoms with E-state index in [0.717, 1.165) is 12.2 Å². The molecule has 4 N–H and O–H groups in total. The van der Waals surface area contributed by atoms with Gasteiger partial charge in [0.1, 0.15) is 6.17 Å². The molecule has 6 heteroatoms. The van der Waals surface area contributed by atoms with Gasteiger partial charge in [0.2, 0.25) is 0 Å². The molecule has 2 aliphatic heterocycles. The van der Waals surface area contributed by atoms with E-state index in [0.29, 0.717) is 22.5 Å². The number of benzene rings is 1. The summed E-state index contributed by atoms with van der Waals surface area (Å²) in [6.07, 6.45) is -0.0660. The number of rotatable bonds is 1. The van der Waals surface area contributed by atoms with Crippen LogP contribution in [0.25, 0.3) is 0 Å². The molecule has 0 saturated carbocycles. The average Bonchev–Trinajstić information content (AvgIpc) is 2.76. The van der Waals surface area contributed by atoms with Crippen LogP contribution < -0.4 is 21.5 Å². The van der Waals surface area contributed by atoms with Crippen LogP contribution in [0.5, 0.6) is 0 Å². The van der Waals surface area contributed by atoms with Gasteiger partial charge in [0, 0.05) is 29.2 Å². The maximum Gasteiger partial charge on any atom is 0.255 e. The molecule has 3 unspecified atom stereocenters. The molecular formula is C12H15ClN4O. The Morgan fingerprint density at radius 3 is 2.89 bits per heavy atom. The quantitative estimate of drug-likeness (QED) is 0.611. The number of nitrogens with one attached hydrogen (secondary N) is 4. The van der Waals surface area contributed by atoms with Crippen LogP contribution in [0, 0.1) is 5.92 Å². The van der Waals surface area contributed by atoms with E-state index in [2.05, 4.69) is 28.4 Å². The number of carbonyl (C=O) groups excluding carboxylic acids is 1. The molecular weight excluding hydrogens is 252 g/mol. The summed E-state index contributed by atoms with van der Waals surface area (Å²) >= 11 is 5.90. The van der Waals surface area contributed by atoms with E-state index < -0.39 is 0 Å². The van der Waals surface area contributed by atoms with Crippen molar-refractivity contribution in [1.29, 1.82) is 0 Å². The number of halogens is 1. The van der Waals surface area contributed by atoms with Gasteiger partial charge in [-0.25, -0.2) is 0 Å². The highest BCUT2D eigenvalue weighted by molar-refractivity contribution is 6.31. The average molecular weight is 267 g/mol. The lowest BCUT2D eigenvalue weighted by Gasteiger charge is -2.33. The monoisotopic (exact) mass is 266 g/mol. The largest absolute Gasteiger partial charge is 0.364 e. The molecule has 0 radical (unpaired) electrons. The molecule has 3 rings (SSSR count). The van der Waals surface area contributed by atoms with E-state index in [1.165, 1.54) is 0 Å². The number of anilines is 1. The molecule has 2 heterocycles. The summed E-state index contributed by atoms with van der Waals surface area (Å²) in [4.78, 5) is 12.1. The van der Waals surface area contributed by atoms with Crippen molar-refractivity contribution in [2.45, 2.75) is 19.1 Å². The van der Waals surface area contributed by atoms with Crippen LogP contribution >= 0.6 is 11.6 Å². The molecule has 2 aliphatic rings. The molecule has 96 valence electrons. The highest BCUT2D eigenvalue weighted by Crippen LogP contribution is 2.26. The Hall–Kier alpha value is -1.30. The number of fused-ring (bicyclic) bond motifs is 1. The Kier molecular flexibility index (Phi) is 2.89. The number of hydrogen-bond donors (Lipinski definition) is 4. The first-order valence-corrected chi connectivity index (χ1v) is 6.38. The van der Waals surface area contributed by atoms with E-state index >= 15 is 0 Å². The highest BCUT2D eigenvalue weighted by atomic mass is 35.5. The first-order valence-electron chi connectivity index (χ1n) is 6.00. The van der Waals surface area contributed by atoms with Crippen LogP contribution in [-0.2, 0) is 0 Å². The van der Waals surface area contributed by atoms with Gasteiger partial charge in [-0.1, -0.05) is 11.6 Å². The predicted molar refractivity (Wildman–Crippen MR) is 70.4 cm³/mol. The standard InChI is InChI=1S/C12H15ClN4O/c1-6-9(5-14-17-6)11-15-10-3-2-7(13)4-8(10)12(18)16-11/h2-4,6,9,11,14-15,17H,5H2,1H3,(H,16,18). The summed E-state index contributed by atoms with van der Waals surface area (Å²) in [6.45, 7) is 2.91. The summed E-state index contributed by atoms with van der Waals surface area (Å²) < 4.78 is 0. The van der Waals surface area contributed by atoms with Crippen LogP contribution in [-0.4, -0.2) is 24.7 Å². The normalized spacial score (nSPS) is 30.6. The van der Waals surface area contributed by atoms with Crippen molar-refractivity contribution in [1.82, 2.24) is 16.2 Å². The summed E-state index contributed by atoms with van der Waals surface area (Å²) in [5, 5.41) is 6.91. The van der Waals surface area contributed by atoms with Crippen LogP contribution in [0.2, 0.25) is 5.02 Å². The summed E-state index contributed by atoms with van der Waals surface area (Å²) in [5.41, 5.74) is 7.70. The summed E-state index contributed by atoms with van der Waals surface area (Å²) in [6, 6.07) is 5.63. The Bertz CT molecular complexity index is 493. The fourth-order valence-corrected chi connectivity index (χ4v) is 2.67. The molecule has 0 aromatic heterocycles. The van der Waals surface area contributed by atoms with Gasteiger partial charge in [0.05, 0.1) is 5.56 Å². The van der Waals surface area contributed by atoms with Gasteiger partial charge in [0.15, 0.2) is 0 Å². The maximum absolute atomic E-state index is 12.1. The molecule has 0 spiro atoms. The van der Waals surface area contributed by atoms with Gasteiger partial charge in [-0.3, -0.25) is 15.6 Å².